The number of thiol groups is 1. The molecule has 1 saturated heterocycles. The lowest BCUT2D eigenvalue weighted by molar-refractivity contribution is 0.0765. The highest BCUT2D eigenvalue weighted by atomic mass is 32.1. The van der Waals surface area contributed by atoms with Crippen LogP contribution >= 0.6 is 12.6 Å². The molecule has 1 amide bonds. The average Bonchev–Trinajstić information content (AvgIpc) is 2.60. The normalized spacial score (nSPS) is 16.7. The van der Waals surface area contributed by atoms with Crippen molar-refractivity contribution in [2.45, 2.75) is 18.2 Å². The molecule has 1 aromatic carbocycles. The molecule has 2 rings (SSSR count). The second kappa shape index (κ2) is 5.56. The number of nitrogens with zero attached hydrogens (tertiary/aromatic N) is 1. The maximum atomic E-state index is 12.4. The molecular formula is C13H18N2OS. The molecule has 4 heteroatoms. The molecule has 0 unspecified atom stereocenters. The number of carbonyl (C=O) groups excluding carboxylic acids is 1. The summed E-state index contributed by atoms with van der Waals surface area (Å²) in [4.78, 5) is 15.2. The van der Waals surface area contributed by atoms with E-state index in [0.29, 0.717) is 0 Å². The van der Waals surface area contributed by atoms with E-state index in [-0.39, 0.29) is 5.91 Å². The standard InChI is InChI=1S/C13H18N2OS/c1-10-3-4-11(17)9-12(10)13(16)15-7-2-5-14-6-8-15/h3-4,9,14,17H,2,5-8H2,1H3. The van der Waals surface area contributed by atoms with Crippen molar-refractivity contribution in [2.75, 3.05) is 26.2 Å². The van der Waals surface area contributed by atoms with Gasteiger partial charge >= 0.3 is 0 Å². The van der Waals surface area contributed by atoms with E-state index in [1.807, 2.05) is 30.0 Å². The van der Waals surface area contributed by atoms with Crippen molar-refractivity contribution < 1.29 is 4.79 Å². The minimum absolute atomic E-state index is 0.127. The summed E-state index contributed by atoms with van der Waals surface area (Å²) in [5, 5.41) is 3.30. The van der Waals surface area contributed by atoms with Crippen LogP contribution in [0.2, 0.25) is 0 Å². The van der Waals surface area contributed by atoms with E-state index in [2.05, 4.69) is 17.9 Å². The van der Waals surface area contributed by atoms with Gasteiger partial charge in [0.1, 0.15) is 0 Å². The van der Waals surface area contributed by atoms with Crippen molar-refractivity contribution in [1.82, 2.24) is 10.2 Å². The molecule has 1 aliphatic heterocycles. The zero-order valence-corrected chi connectivity index (χ0v) is 11.0. The van der Waals surface area contributed by atoms with E-state index in [1.54, 1.807) is 0 Å². The van der Waals surface area contributed by atoms with E-state index in [0.717, 1.165) is 48.6 Å². The Labute approximate surface area is 108 Å². The fourth-order valence-corrected chi connectivity index (χ4v) is 2.26. The summed E-state index contributed by atoms with van der Waals surface area (Å²) in [6.45, 7) is 5.47. The summed E-state index contributed by atoms with van der Waals surface area (Å²) in [5.41, 5.74) is 1.80. The van der Waals surface area contributed by atoms with Crippen molar-refractivity contribution in [3.8, 4) is 0 Å². The van der Waals surface area contributed by atoms with Crippen LogP contribution in [0.25, 0.3) is 0 Å². The molecule has 0 radical (unpaired) electrons. The predicted molar refractivity (Wildman–Crippen MR) is 71.8 cm³/mol. The Bertz CT molecular complexity index is 412. The minimum Gasteiger partial charge on any atom is -0.337 e. The Morgan fingerprint density at radius 1 is 1.35 bits per heavy atom. The summed E-state index contributed by atoms with van der Waals surface area (Å²) in [6.07, 6.45) is 1.02. The summed E-state index contributed by atoms with van der Waals surface area (Å²) < 4.78 is 0. The third-order valence-corrected chi connectivity index (χ3v) is 3.36. The minimum atomic E-state index is 0.127. The van der Waals surface area contributed by atoms with Crippen molar-refractivity contribution in [2.24, 2.45) is 0 Å². The van der Waals surface area contributed by atoms with Crippen LogP contribution in [0, 0.1) is 6.92 Å². The van der Waals surface area contributed by atoms with Crippen LogP contribution in [0.5, 0.6) is 0 Å². The fourth-order valence-electron chi connectivity index (χ4n) is 2.06. The van der Waals surface area contributed by atoms with Crippen LogP contribution < -0.4 is 5.32 Å². The summed E-state index contributed by atoms with van der Waals surface area (Å²) in [7, 11) is 0. The molecular weight excluding hydrogens is 232 g/mol. The Hall–Kier alpha value is -1.00. The average molecular weight is 250 g/mol. The smallest absolute Gasteiger partial charge is 0.254 e. The number of nitrogens with one attached hydrogen (secondary N) is 1. The van der Waals surface area contributed by atoms with Gasteiger partial charge in [-0.2, -0.15) is 0 Å². The number of benzene rings is 1. The first kappa shape index (κ1) is 12.5. The summed E-state index contributed by atoms with van der Waals surface area (Å²) in [5.74, 6) is 0.127. The van der Waals surface area contributed by atoms with Crippen molar-refractivity contribution in [3.63, 3.8) is 0 Å². The van der Waals surface area contributed by atoms with Crippen LogP contribution in [-0.2, 0) is 0 Å². The molecule has 0 bridgehead atoms. The molecule has 3 nitrogen and oxygen atoms in total. The monoisotopic (exact) mass is 250 g/mol. The van der Waals surface area contributed by atoms with Crippen LogP contribution in [0.3, 0.4) is 0 Å². The van der Waals surface area contributed by atoms with Gasteiger partial charge in [-0.05, 0) is 37.6 Å². The number of rotatable bonds is 1. The Balaban J connectivity index is 2.20. The zero-order valence-electron chi connectivity index (χ0n) is 10.1. The number of hydrogen-bond acceptors (Lipinski definition) is 3. The van der Waals surface area contributed by atoms with Crippen molar-refractivity contribution in [1.29, 1.82) is 0 Å². The molecule has 0 atom stereocenters. The third-order valence-electron chi connectivity index (χ3n) is 3.08. The SMILES string of the molecule is Cc1ccc(S)cc1C(=O)N1CCCNCC1. The summed E-state index contributed by atoms with van der Waals surface area (Å²) >= 11 is 4.30. The van der Waals surface area contributed by atoms with Gasteiger partial charge in [0.25, 0.3) is 5.91 Å². The lowest BCUT2D eigenvalue weighted by Gasteiger charge is -2.21. The van der Waals surface area contributed by atoms with Gasteiger partial charge in [-0.25, -0.2) is 0 Å². The number of aryl methyl sites for hydroxylation is 1. The highest BCUT2D eigenvalue weighted by Gasteiger charge is 2.18. The molecule has 0 aliphatic carbocycles. The maximum absolute atomic E-state index is 12.4. The Kier molecular flexibility index (Phi) is 4.07. The van der Waals surface area contributed by atoms with Gasteiger partial charge in [-0.15, -0.1) is 12.6 Å². The molecule has 1 fully saturated rings. The van der Waals surface area contributed by atoms with Gasteiger partial charge in [0, 0.05) is 30.1 Å². The van der Waals surface area contributed by atoms with E-state index in [4.69, 9.17) is 0 Å². The fraction of sp³-hybridized carbons (Fsp3) is 0.462. The first-order valence-corrected chi connectivity index (χ1v) is 6.43. The molecule has 0 saturated carbocycles. The molecule has 1 heterocycles. The van der Waals surface area contributed by atoms with Gasteiger partial charge in [-0.1, -0.05) is 6.07 Å². The summed E-state index contributed by atoms with van der Waals surface area (Å²) in [6, 6.07) is 5.73. The maximum Gasteiger partial charge on any atom is 0.254 e. The van der Waals surface area contributed by atoms with E-state index in [1.165, 1.54) is 0 Å². The number of amides is 1. The lowest BCUT2D eigenvalue weighted by Crippen LogP contribution is -2.34. The quantitative estimate of drug-likeness (QED) is 0.744. The molecule has 1 aliphatic rings. The van der Waals surface area contributed by atoms with Crippen LogP contribution in [0.15, 0.2) is 23.1 Å². The highest BCUT2D eigenvalue weighted by molar-refractivity contribution is 7.80. The third kappa shape index (κ3) is 3.01. The molecule has 1 aromatic rings. The molecule has 0 spiro atoms. The second-order valence-electron chi connectivity index (χ2n) is 4.39. The van der Waals surface area contributed by atoms with E-state index < -0.39 is 0 Å². The zero-order chi connectivity index (χ0) is 12.3. The predicted octanol–water partition coefficient (Wildman–Crippen LogP) is 1.72. The molecule has 17 heavy (non-hydrogen) atoms. The second-order valence-corrected chi connectivity index (χ2v) is 4.91. The van der Waals surface area contributed by atoms with Gasteiger partial charge in [0.2, 0.25) is 0 Å². The topological polar surface area (TPSA) is 32.3 Å². The highest BCUT2D eigenvalue weighted by Crippen LogP contribution is 2.16. The molecule has 92 valence electrons. The van der Waals surface area contributed by atoms with E-state index in [9.17, 15) is 4.79 Å². The Morgan fingerprint density at radius 2 is 2.18 bits per heavy atom. The Morgan fingerprint density at radius 3 is 3.00 bits per heavy atom. The lowest BCUT2D eigenvalue weighted by atomic mass is 10.1. The van der Waals surface area contributed by atoms with Gasteiger partial charge in [0.15, 0.2) is 0 Å². The first-order valence-electron chi connectivity index (χ1n) is 5.98. The number of carbonyl (C=O) groups is 1. The first-order chi connectivity index (χ1) is 8.18. The van der Waals surface area contributed by atoms with Crippen molar-refractivity contribution in [3.05, 3.63) is 29.3 Å². The van der Waals surface area contributed by atoms with Gasteiger partial charge in [0.05, 0.1) is 0 Å². The van der Waals surface area contributed by atoms with Gasteiger partial charge in [-0.3, -0.25) is 4.79 Å². The van der Waals surface area contributed by atoms with Crippen LogP contribution in [0.4, 0.5) is 0 Å². The van der Waals surface area contributed by atoms with E-state index >= 15 is 0 Å². The van der Waals surface area contributed by atoms with Crippen LogP contribution in [-0.4, -0.2) is 37.0 Å². The van der Waals surface area contributed by atoms with Crippen molar-refractivity contribution >= 4 is 18.5 Å². The molecule has 1 N–H and O–H groups in total. The molecule has 0 aromatic heterocycles. The number of hydrogen-bond donors (Lipinski definition) is 2. The van der Waals surface area contributed by atoms with Gasteiger partial charge < -0.3 is 10.2 Å². The van der Waals surface area contributed by atoms with Crippen LogP contribution in [0.1, 0.15) is 22.3 Å². The largest absolute Gasteiger partial charge is 0.337 e.